The van der Waals surface area contributed by atoms with Crippen LogP contribution in [0, 0.1) is 0 Å². The molecule has 0 aliphatic heterocycles. The van der Waals surface area contributed by atoms with E-state index in [-0.39, 0.29) is 0 Å². The van der Waals surface area contributed by atoms with Crippen LogP contribution in [0.25, 0.3) is 9.53 Å². The highest BCUT2D eigenvalue weighted by atomic mass is 32.1. The largest absolute Gasteiger partial charge is 0.514 e. The first-order valence-electron chi connectivity index (χ1n) is 4.24. The molecule has 2 rings (SSSR count). The van der Waals surface area contributed by atoms with Crippen LogP contribution >= 0.6 is 22.9 Å². The van der Waals surface area contributed by atoms with Gasteiger partial charge in [0.15, 0.2) is 9.89 Å². The first kappa shape index (κ1) is 11.2. The maximum Gasteiger partial charge on any atom is 0.514 e. The molecule has 0 saturated heterocycles. The maximum absolute atomic E-state index is 11.0. The third-order valence-corrected chi connectivity index (χ3v) is 3.71. The van der Waals surface area contributed by atoms with Crippen molar-refractivity contribution in [1.82, 2.24) is 9.59 Å². The van der Waals surface area contributed by atoms with E-state index in [0.717, 1.165) is 15.1 Å². The van der Waals surface area contributed by atoms with Crippen LogP contribution in [0.3, 0.4) is 0 Å². The minimum Gasteiger partial charge on any atom is -0.437 e. The molecule has 0 N–H and O–H groups in total. The minimum atomic E-state index is -0.751. The van der Waals surface area contributed by atoms with Crippen molar-refractivity contribution >= 4 is 38.6 Å². The number of hydrogen-bond acceptors (Lipinski definition) is 8. The van der Waals surface area contributed by atoms with E-state index >= 15 is 0 Å². The van der Waals surface area contributed by atoms with E-state index in [2.05, 4.69) is 14.3 Å². The quantitative estimate of drug-likeness (QED) is 0.786. The highest BCUT2D eigenvalue weighted by Crippen LogP contribution is 2.38. The van der Waals surface area contributed by atoms with Gasteiger partial charge >= 0.3 is 6.16 Å². The number of methoxy groups -OCH3 is 2. The number of aromatic nitrogens is 2. The van der Waals surface area contributed by atoms with Gasteiger partial charge in [-0.2, -0.15) is 0 Å². The molecule has 2 heterocycles. The van der Waals surface area contributed by atoms with Crippen LogP contribution in [-0.4, -0.2) is 30.0 Å². The zero-order valence-corrected chi connectivity index (χ0v) is 10.2. The second-order valence-corrected chi connectivity index (χ2v) is 4.48. The average molecular weight is 260 g/mol. The molecular formula is C8H8N2O4S2. The first-order valence-corrected chi connectivity index (χ1v) is 5.83. The summed E-state index contributed by atoms with van der Waals surface area (Å²) < 4.78 is 19.2. The Hall–Kier alpha value is -1.25. The summed E-state index contributed by atoms with van der Waals surface area (Å²) in [4.78, 5) is 11.8. The summed E-state index contributed by atoms with van der Waals surface area (Å²) in [7, 11) is 2.83. The predicted molar refractivity (Wildman–Crippen MR) is 59.0 cm³/mol. The molecule has 0 bridgehead atoms. The second kappa shape index (κ2) is 4.73. The number of ether oxygens (including phenoxy) is 3. The van der Waals surface area contributed by atoms with Crippen LogP contribution in [0.15, 0.2) is 0 Å². The Morgan fingerprint density at radius 2 is 2.25 bits per heavy atom. The van der Waals surface area contributed by atoms with Crippen molar-refractivity contribution in [2.75, 3.05) is 14.2 Å². The number of thiophene rings is 1. The van der Waals surface area contributed by atoms with Crippen molar-refractivity contribution in [2.24, 2.45) is 0 Å². The van der Waals surface area contributed by atoms with Gasteiger partial charge in [-0.3, -0.25) is 0 Å². The van der Waals surface area contributed by atoms with Crippen molar-refractivity contribution in [3.63, 3.8) is 0 Å². The van der Waals surface area contributed by atoms with Gasteiger partial charge in [0.05, 0.1) is 24.0 Å². The lowest BCUT2D eigenvalue weighted by Crippen LogP contribution is -2.07. The van der Waals surface area contributed by atoms with Crippen molar-refractivity contribution < 1.29 is 19.0 Å². The van der Waals surface area contributed by atoms with E-state index in [9.17, 15) is 4.79 Å². The molecule has 0 aliphatic rings. The molecule has 0 unspecified atom stereocenters. The Kier molecular flexibility index (Phi) is 3.32. The van der Waals surface area contributed by atoms with Gasteiger partial charge in [-0.05, 0) is 11.5 Å². The van der Waals surface area contributed by atoms with Crippen molar-refractivity contribution in [1.29, 1.82) is 0 Å². The maximum atomic E-state index is 11.0. The second-order valence-electron chi connectivity index (χ2n) is 2.76. The lowest BCUT2D eigenvalue weighted by atomic mass is 10.3. The van der Waals surface area contributed by atoms with Crippen molar-refractivity contribution in [3.05, 3.63) is 5.56 Å². The Bertz CT molecular complexity index is 507. The summed E-state index contributed by atoms with van der Waals surface area (Å²) in [5.41, 5.74) is 0.780. The van der Waals surface area contributed by atoms with Crippen molar-refractivity contribution in [3.8, 4) is 5.06 Å². The molecular weight excluding hydrogens is 252 g/mol. The summed E-state index contributed by atoms with van der Waals surface area (Å²) in [6.45, 7) is 0.343. The van der Waals surface area contributed by atoms with Gasteiger partial charge in [0.1, 0.15) is 0 Å². The number of hydrogen-bond donors (Lipinski definition) is 0. The van der Waals surface area contributed by atoms with Gasteiger partial charge in [0.25, 0.3) is 0 Å². The summed E-state index contributed by atoms with van der Waals surface area (Å²) in [5.74, 6) is 0. The average Bonchev–Trinajstić information content (AvgIpc) is 2.82. The molecule has 0 aromatic carbocycles. The van der Waals surface area contributed by atoms with Gasteiger partial charge in [-0.25, -0.2) is 4.79 Å². The third kappa shape index (κ3) is 1.99. The lowest BCUT2D eigenvalue weighted by molar-refractivity contribution is 0.121. The molecule has 2 aromatic heterocycles. The number of fused-ring (bicyclic) bond motifs is 1. The van der Waals surface area contributed by atoms with E-state index in [1.54, 1.807) is 7.11 Å². The van der Waals surface area contributed by atoms with Gasteiger partial charge in [-0.15, -0.1) is 5.10 Å². The number of carbonyl (C=O) groups is 1. The lowest BCUT2D eigenvalue weighted by Gasteiger charge is -2.02. The predicted octanol–water partition coefficient (Wildman–Crippen LogP) is 2.04. The smallest absolute Gasteiger partial charge is 0.437 e. The third-order valence-electron chi connectivity index (χ3n) is 1.80. The van der Waals surface area contributed by atoms with Crippen LogP contribution in [0.4, 0.5) is 4.79 Å². The SMILES string of the molecule is COCc1c(OC(=O)OC)sc2nnsc12. The van der Waals surface area contributed by atoms with Gasteiger partial charge < -0.3 is 14.2 Å². The Labute approximate surface area is 98.9 Å². The topological polar surface area (TPSA) is 70.5 Å². The van der Waals surface area contributed by atoms with E-state index < -0.39 is 6.16 Å². The molecule has 6 nitrogen and oxygen atoms in total. The summed E-state index contributed by atoms with van der Waals surface area (Å²) in [6.07, 6.45) is -0.751. The van der Waals surface area contributed by atoms with Gasteiger partial charge in [-0.1, -0.05) is 15.8 Å². The number of rotatable bonds is 3. The molecule has 8 heteroatoms. The Morgan fingerprint density at radius 1 is 1.44 bits per heavy atom. The highest BCUT2D eigenvalue weighted by molar-refractivity contribution is 7.26. The first-order chi connectivity index (χ1) is 7.76. The normalized spacial score (nSPS) is 10.6. The van der Waals surface area contributed by atoms with E-state index in [4.69, 9.17) is 9.47 Å². The zero-order chi connectivity index (χ0) is 11.5. The van der Waals surface area contributed by atoms with Crippen LogP contribution < -0.4 is 4.74 Å². The molecule has 0 amide bonds. The molecule has 0 atom stereocenters. The molecule has 0 aliphatic carbocycles. The molecule has 2 aromatic rings. The Morgan fingerprint density at radius 3 is 2.94 bits per heavy atom. The number of nitrogens with zero attached hydrogens (tertiary/aromatic N) is 2. The molecule has 0 saturated carbocycles. The molecule has 0 radical (unpaired) electrons. The van der Waals surface area contributed by atoms with E-state index in [0.29, 0.717) is 11.7 Å². The number of carbonyl (C=O) groups excluding carboxylic acids is 1. The summed E-state index contributed by atoms with van der Waals surface area (Å²) in [5, 5.41) is 4.36. The van der Waals surface area contributed by atoms with Crippen molar-refractivity contribution in [2.45, 2.75) is 6.61 Å². The summed E-state index contributed by atoms with van der Waals surface area (Å²) in [6, 6.07) is 0. The van der Waals surface area contributed by atoms with E-state index in [1.165, 1.54) is 30.0 Å². The summed E-state index contributed by atoms with van der Waals surface area (Å²) >= 11 is 2.49. The Balaban J connectivity index is 2.38. The zero-order valence-electron chi connectivity index (χ0n) is 8.55. The fourth-order valence-corrected chi connectivity index (χ4v) is 2.95. The fraction of sp³-hybridized carbons (Fsp3) is 0.375. The highest BCUT2D eigenvalue weighted by Gasteiger charge is 2.19. The minimum absolute atomic E-state index is 0.343. The van der Waals surface area contributed by atoms with Crippen LogP contribution in [0.2, 0.25) is 0 Å². The molecule has 16 heavy (non-hydrogen) atoms. The van der Waals surface area contributed by atoms with Crippen LogP contribution in [-0.2, 0) is 16.1 Å². The van der Waals surface area contributed by atoms with Gasteiger partial charge in [0, 0.05) is 7.11 Å². The fourth-order valence-electron chi connectivity index (χ4n) is 1.14. The van der Waals surface area contributed by atoms with Gasteiger partial charge in [0.2, 0.25) is 0 Å². The molecule has 0 spiro atoms. The van der Waals surface area contributed by atoms with Crippen LogP contribution in [0.1, 0.15) is 5.56 Å². The molecule has 86 valence electrons. The molecule has 0 fully saturated rings. The van der Waals surface area contributed by atoms with E-state index in [1.807, 2.05) is 0 Å². The standard InChI is InChI=1S/C8H8N2O4S2/c1-12-3-4-5-6(9-10-16-5)15-7(4)14-8(11)13-2/h3H2,1-2H3. The monoisotopic (exact) mass is 260 g/mol. The van der Waals surface area contributed by atoms with Crippen LogP contribution in [0.5, 0.6) is 5.06 Å².